The summed E-state index contributed by atoms with van der Waals surface area (Å²) in [5.74, 6) is -0.202. The number of amides is 1. The average Bonchev–Trinajstić information content (AvgIpc) is 2.17. The molecule has 0 aromatic rings. The van der Waals surface area contributed by atoms with Crippen LogP contribution in [0.15, 0.2) is 0 Å². The van der Waals surface area contributed by atoms with E-state index in [0.717, 1.165) is 6.42 Å². The first-order chi connectivity index (χ1) is 8.20. The van der Waals surface area contributed by atoms with Crippen molar-refractivity contribution in [2.45, 2.75) is 64.3 Å². The molecular weight excluding hydrogens is 245 g/mol. The zero-order chi connectivity index (χ0) is 13.9. The lowest BCUT2D eigenvalue weighted by Gasteiger charge is -2.37. The molecule has 6 heteroatoms. The zero-order valence-corrected chi connectivity index (χ0v) is 11.0. The summed E-state index contributed by atoms with van der Waals surface area (Å²) in [5.41, 5.74) is 0. The Kier molecular flexibility index (Phi) is 5.01. The Morgan fingerprint density at radius 2 is 2.00 bits per heavy atom. The molecule has 0 aromatic carbocycles. The van der Waals surface area contributed by atoms with Crippen LogP contribution < -0.4 is 5.32 Å². The van der Waals surface area contributed by atoms with E-state index >= 15 is 0 Å². The third kappa shape index (κ3) is 4.48. The van der Waals surface area contributed by atoms with E-state index in [-0.39, 0.29) is 18.0 Å². The van der Waals surface area contributed by atoms with E-state index in [2.05, 4.69) is 5.32 Å². The van der Waals surface area contributed by atoms with Gasteiger partial charge >= 0.3 is 6.18 Å². The molecule has 1 fully saturated rings. The Balaban J connectivity index is 2.62. The molecule has 0 saturated carbocycles. The number of rotatable bonds is 4. The summed E-state index contributed by atoms with van der Waals surface area (Å²) in [6, 6.07) is -0.972. The van der Waals surface area contributed by atoms with Crippen molar-refractivity contribution in [1.82, 2.24) is 10.2 Å². The summed E-state index contributed by atoms with van der Waals surface area (Å²) in [4.78, 5) is 13.4. The highest BCUT2D eigenvalue weighted by Crippen LogP contribution is 2.26. The van der Waals surface area contributed by atoms with Gasteiger partial charge in [0.05, 0.1) is 12.5 Å². The summed E-state index contributed by atoms with van der Waals surface area (Å²) in [6.07, 6.45) is -3.71. The number of likely N-dealkylation sites (tertiary alicyclic amines) is 1. The van der Waals surface area contributed by atoms with E-state index in [0.29, 0.717) is 13.0 Å². The van der Waals surface area contributed by atoms with Crippen LogP contribution in [-0.2, 0) is 4.79 Å². The molecule has 0 aromatic heterocycles. The highest BCUT2D eigenvalue weighted by molar-refractivity contribution is 5.82. The van der Waals surface area contributed by atoms with Gasteiger partial charge in [0.1, 0.15) is 0 Å². The van der Waals surface area contributed by atoms with Crippen LogP contribution in [-0.4, -0.2) is 41.7 Å². The SMILES string of the molecule is CC(C)NC1CCCN(C(C)CC(F)(F)F)C1=O. The summed E-state index contributed by atoms with van der Waals surface area (Å²) in [7, 11) is 0. The van der Waals surface area contributed by atoms with E-state index in [4.69, 9.17) is 0 Å². The Hall–Kier alpha value is -0.780. The number of carbonyl (C=O) groups excluding carboxylic acids is 1. The maximum absolute atomic E-state index is 12.3. The van der Waals surface area contributed by atoms with E-state index < -0.39 is 18.6 Å². The lowest BCUT2D eigenvalue weighted by atomic mass is 10.0. The molecule has 2 atom stereocenters. The molecule has 2 unspecified atom stereocenters. The molecule has 0 bridgehead atoms. The number of halogens is 3. The summed E-state index contributed by atoms with van der Waals surface area (Å²) < 4.78 is 37.0. The minimum atomic E-state index is -4.22. The lowest BCUT2D eigenvalue weighted by Crippen LogP contribution is -2.55. The van der Waals surface area contributed by atoms with Crippen molar-refractivity contribution >= 4 is 5.91 Å². The number of hydrogen-bond donors (Lipinski definition) is 1. The fourth-order valence-electron chi connectivity index (χ4n) is 2.34. The number of alkyl halides is 3. The maximum Gasteiger partial charge on any atom is 0.391 e. The average molecular weight is 266 g/mol. The molecule has 0 spiro atoms. The molecule has 3 nitrogen and oxygen atoms in total. The number of carbonyl (C=O) groups is 1. The highest BCUT2D eigenvalue weighted by atomic mass is 19.4. The van der Waals surface area contributed by atoms with Crippen molar-refractivity contribution in [3.8, 4) is 0 Å². The van der Waals surface area contributed by atoms with E-state index in [1.54, 1.807) is 0 Å². The summed E-state index contributed by atoms with van der Waals surface area (Å²) in [6.45, 7) is 5.73. The standard InChI is InChI=1S/C12H21F3N2O/c1-8(2)16-10-5-4-6-17(11(10)18)9(3)7-12(13,14)15/h8-10,16H,4-7H2,1-3H3. The van der Waals surface area contributed by atoms with Crippen molar-refractivity contribution in [3.63, 3.8) is 0 Å². The molecule has 1 aliphatic rings. The van der Waals surface area contributed by atoms with Crippen molar-refractivity contribution < 1.29 is 18.0 Å². The minimum absolute atomic E-state index is 0.150. The first-order valence-corrected chi connectivity index (χ1v) is 6.34. The lowest BCUT2D eigenvalue weighted by molar-refractivity contribution is -0.156. The smallest absolute Gasteiger partial charge is 0.338 e. The number of hydrogen-bond acceptors (Lipinski definition) is 2. The predicted molar refractivity (Wildman–Crippen MR) is 63.1 cm³/mol. The number of nitrogens with one attached hydrogen (secondary N) is 1. The monoisotopic (exact) mass is 266 g/mol. The Bertz CT molecular complexity index is 292. The third-order valence-corrected chi connectivity index (χ3v) is 3.07. The van der Waals surface area contributed by atoms with Crippen LogP contribution in [0.3, 0.4) is 0 Å². The molecule has 1 rings (SSSR count). The van der Waals surface area contributed by atoms with Crippen LogP contribution in [0.5, 0.6) is 0 Å². The first-order valence-electron chi connectivity index (χ1n) is 6.34. The highest BCUT2D eigenvalue weighted by Gasteiger charge is 2.37. The van der Waals surface area contributed by atoms with Crippen molar-refractivity contribution in [2.75, 3.05) is 6.54 Å². The van der Waals surface area contributed by atoms with Gasteiger partial charge in [-0.1, -0.05) is 13.8 Å². The van der Waals surface area contributed by atoms with E-state index in [1.807, 2.05) is 13.8 Å². The van der Waals surface area contributed by atoms with Crippen LogP contribution in [0.4, 0.5) is 13.2 Å². The molecule has 1 saturated heterocycles. The fourth-order valence-corrected chi connectivity index (χ4v) is 2.34. The van der Waals surface area contributed by atoms with E-state index in [1.165, 1.54) is 11.8 Å². The number of piperidine rings is 1. The van der Waals surface area contributed by atoms with Crippen molar-refractivity contribution in [3.05, 3.63) is 0 Å². The van der Waals surface area contributed by atoms with Gasteiger partial charge in [-0.25, -0.2) is 0 Å². The van der Waals surface area contributed by atoms with Gasteiger partial charge in [-0.15, -0.1) is 0 Å². The van der Waals surface area contributed by atoms with Crippen molar-refractivity contribution in [1.29, 1.82) is 0 Å². The molecule has 0 aliphatic carbocycles. The van der Waals surface area contributed by atoms with Crippen LogP contribution in [0.25, 0.3) is 0 Å². The maximum atomic E-state index is 12.3. The van der Waals surface area contributed by atoms with Gasteiger partial charge in [-0.2, -0.15) is 13.2 Å². The predicted octanol–water partition coefficient (Wildman–Crippen LogP) is 2.32. The van der Waals surface area contributed by atoms with Crippen molar-refractivity contribution in [2.24, 2.45) is 0 Å². The molecular formula is C12H21F3N2O. The van der Waals surface area contributed by atoms with Gasteiger partial charge in [-0.3, -0.25) is 4.79 Å². The van der Waals surface area contributed by atoms with Gasteiger partial charge < -0.3 is 10.2 Å². The third-order valence-electron chi connectivity index (χ3n) is 3.07. The molecule has 106 valence electrons. The second-order valence-corrected chi connectivity index (χ2v) is 5.22. The van der Waals surface area contributed by atoms with Crippen LogP contribution in [0.2, 0.25) is 0 Å². The van der Waals surface area contributed by atoms with Gasteiger partial charge in [0.25, 0.3) is 0 Å². The Labute approximate surface area is 106 Å². The van der Waals surface area contributed by atoms with Gasteiger partial charge in [0.15, 0.2) is 0 Å². The van der Waals surface area contributed by atoms with Crippen LogP contribution >= 0.6 is 0 Å². The first kappa shape index (κ1) is 15.3. The minimum Gasteiger partial charge on any atom is -0.338 e. The molecule has 18 heavy (non-hydrogen) atoms. The second kappa shape index (κ2) is 5.91. The normalized spacial score (nSPS) is 23.6. The van der Waals surface area contributed by atoms with Crippen LogP contribution in [0, 0.1) is 0 Å². The van der Waals surface area contributed by atoms with Gasteiger partial charge in [0, 0.05) is 18.6 Å². The van der Waals surface area contributed by atoms with E-state index in [9.17, 15) is 18.0 Å². The second-order valence-electron chi connectivity index (χ2n) is 5.22. The largest absolute Gasteiger partial charge is 0.391 e. The fraction of sp³-hybridized carbons (Fsp3) is 0.917. The summed E-state index contributed by atoms with van der Waals surface area (Å²) in [5, 5.41) is 3.11. The van der Waals surface area contributed by atoms with Gasteiger partial charge in [-0.05, 0) is 19.8 Å². The molecule has 1 heterocycles. The topological polar surface area (TPSA) is 32.3 Å². The molecule has 1 N–H and O–H groups in total. The molecule has 0 radical (unpaired) electrons. The Morgan fingerprint density at radius 1 is 1.39 bits per heavy atom. The van der Waals surface area contributed by atoms with Gasteiger partial charge in [0.2, 0.25) is 5.91 Å². The number of nitrogens with zero attached hydrogens (tertiary/aromatic N) is 1. The molecule has 1 aliphatic heterocycles. The molecule has 1 amide bonds. The Morgan fingerprint density at radius 3 is 2.50 bits per heavy atom. The summed E-state index contributed by atoms with van der Waals surface area (Å²) >= 11 is 0. The van der Waals surface area contributed by atoms with Crippen LogP contribution in [0.1, 0.15) is 40.0 Å². The zero-order valence-electron chi connectivity index (χ0n) is 11.0. The quantitative estimate of drug-likeness (QED) is 0.847.